The van der Waals surface area contributed by atoms with E-state index >= 15 is 0 Å². The van der Waals surface area contributed by atoms with Crippen molar-refractivity contribution in [3.05, 3.63) is 35.4 Å². The van der Waals surface area contributed by atoms with Crippen LogP contribution in [0.2, 0.25) is 0 Å². The van der Waals surface area contributed by atoms with Crippen LogP contribution in [0.15, 0.2) is 29.3 Å². The molecule has 1 aromatic carbocycles. The number of amides is 2. The Balaban J connectivity index is 1.34. The monoisotopic (exact) mass is 329 g/mol. The largest absolute Gasteiger partial charge is 0.360 e. The van der Waals surface area contributed by atoms with Gasteiger partial charge < -0.3 is 5.32 Å². The molecule has 2 atom stereocenters. The number of rotatable bonds is 3. The smallest absolute Gasteiger partial charge is 0.261 e. The summed E-state index contributed by atoms with van der Waals surface area (Å²) in [5.41, 5.74) is 1.04. The summed E-state index contributed by atoms with van der Waals surface area (Å²) in [6.07, 6.45) is 4.90. The Labute approximate surface area is 139 Å². The molecule has 0 aromatic heterocycles. The van der Waals surface area contributed by atoms with Crippen molar-refractivity contribution < 1.29 is 9.59 Å². The highest BCUT2D eigenvalue weighted by atomic mass is 32.2. The van der Waals surface area contributed by atoms with E-state index in [4.69, 9.17) is 4.99 Å². The van der Waals surface area contributed by atoms with Gasteiger partial charge in [0.25, 0.3) is 11.8 Å². The topological polar surface area (TPSA) is 61.8 Å². The van der Waals surface area contributed by atoms with Crippen LogP contribution in [0, 0.1) is 0 Å². The standard InChI is InChI=1S/C17H19N3O2S/c21-15-11-5-1-2-6-12(11)16(22)20(15)9-10-23-17-18-13-7-3-4-8-14(13)19-17/h1-2,5-6,13-14H,3-4,7-10H2,(H,18,19)/t13-,14-/m0/s1. The van der Waals surface area contributed by atoms with Gasteiger partial charge in [-0.3, -0.25) is 19.5 Å². The molecule has 0 radical (unpaired) electrons. The van der Waals surface area contributed by atoms with E-state index in [-0.39, 0.29) is 11.8 Å². The Bertz CT molecular complexity index is 653. The zero-order valence-electron chi connectivity index (χ0n) is 12.8. The molecule has 0 bridgehead atoms. The lowest BCUT2D eigenvalue weighted by molar-refractivity contribution is 0.0664. The van der Waals surface area contributed by atoms with Crippen molar-refractivity contribution in [3.63, 3.8) is 0 Å². The minimum atomic E-state index is -0.179. The highest BCUT2D eigenvalue weighted by Crippen LogP contribution is 2.27. The lowest BCUT2D eigenvalue weighted by Gasteiger charge is -2.23. The number of nitrogens with zero attached hydrogens (tertiary/aromatic N) is 2. The molecule has 0 spiro atoms. The summed E-state index contributed by atoms with van der Waals surface area (Å²) >= 11 is 1.61. The van der Waals surface area contributed by atoms with Gasteiger partial charge in [-0.1, -0.05) is 36.7 Å². The summed E-state index contributed by atoms with van der Waals surface area (Å²) in [5, 5.41) is 4.45. The number of hydrogen-bond donors (Lipinski definition) is 1. The highest BCUT2D eigenvalue weighted by Gasteiger charge is 2.35. The van der Waals surface area contributed by atoms with Crippen LogP contribution < -0.4 is 5.32 Å². The maximum absolute atomic E-state index is 12.3. The first-order chi connectivity index (χ1) is 11.2. The number of carbonyl (C=O) groups excluding carboxylic acids is 2. The van der Waals surface area contributed by atoms with Crippen LogP contribution in [0.3, 0.4) is 0 Å². The lowest BCUT2D eigenvalue weighted by atomic mass is 9.92. The summed E-state index contributed by atoms with van der Waals surface area (Å²) < 4.78 is 0. The van der Waals surface area contributed by atoms with Gasteiger partial charge in [-0.2, -0.15) is 0 Å². The van der Waals surface area contributed by atoms with E-state index in [1.807, 2.05) is 0 Å². The van der Waals surface area contributed by atoms with Crippen molar-refractivity contribution >= 4 is 28.7 Å². The molecule has 1 aliphatic carbocycles. The predicted octanol–water partition coefficient (Wildman–Crippen LogP) is 2.29. The molecule has 2 aliphatic heterocycles. The number of thioether (sulfide) groups is 1. The van der Waals surface area contributed by atoms with Gasteiger partial charge in [0, 0.05) is 12.3 Å². The van der Waals surface area contributed by atoms with Gasteiger partial charge in [-0.25, -0.2) is 0 Å². The van der Waals surface area contributed by atoms with Crippen LogP contribution in [0.5, 0.6) is 0 Å². The molecule has 3 aliphatic rings. The summed E-state index contributed by atoms with van der Waals surface area (Å²) in [4.78, 5) is 30.7. The van der Waals surface area contributed by atoms with Gasteiger partial charge in [-0.05, 0) is 25.0 Å². The molecule has 4 rings (SSSR count). The van der Waals surface area contributed by atoms with E-state index in [1.165, 1.54) is 30.6 Å². The molecule has 5 nitrogen and oxygen atoms in total. The van der Waals surface area contributed by atoms with Crippen molar-refractivity contribution in [1.82, 2.24) is 10.2 Å². The summed E-state index contributed by atoms with van der Waals surface area (Å²) in [6.45, 7) is 0.424. The second-order valence-electron chi connectivity index (χ2n) is 6.19. The zero-order valence-corrected chi connectivity index (χ0v) is 13.6. The molecule has 2 amide bonds. The fourth-order valence-corrected chi connectivity index (χ4v) is 4.45. The minimum absolute atomic E-state index is 0.179. The fourth-order valence-electron chi connectivity index (χ4n) is 3.54. The number of imide groups is 1. The molecule has 1 saturated carbocycles. The predicted molar refractivity (Wildman–Crippen MR) is 90.9 cm³/mol. The first-order valence-corrected chi connectivity index (χ1v) is 9.15. The van der Waals surface area contributed by atoms with E-state index in [2.05, 4.69) is 5.32 Å². The first-order valence-electron chi connectivity index (χ1n) is 8.16. The third-order valence-electron chi connectivity index (χ3n) is 4.75. The molecular weight excluding hydrogens is 310 g/mol. The Hall–Kier alpha value is -1.82. The molecule has 0 unspecified atom stereocenters. The lowest BCUT2D eigenvalue weighted by Crippen LogP contribution is -2.36. The fraction of sp³-hybridized carbons (Fsp3) is 0.471. The molecule has 6 heteroatoms. The average molecular weight is 329 g/mol. The van der Waals surface area contributed by atoms with Crippen LogP contribution in [-0.2, 0) is 0 Å². The third-order valence-corrected chi connectivity index (χ3v) is 5.64. The number of amidine groups is 1. The van der Waals surface area contributed by atoms with E-state index in [0.717, 1.165) is 5.17 Å². The van der Waals surface area contributed by atoms with Gasteiger partial charge >= 0.3 is 0 Å². The summed E-state index contributed by atoms with van der Waals surface area (Å²) in [7, 11) is 0. The number of hydrogen-bond acceptors (Lipinski definition) is 5. The maximum atomic E-state index is 12.3. The second-order valence-corrected chi connectivity index (χ2v) is 7.28. The maximum Gasteiger partial charge on any atom is 0.261 e. The third kappa shape index (κ3) is 2.65. The van der Waals surface area contributed by atoms with Crippen LogP contribution in [0.4, 0.5) is 0 Å². The van der Waals surface area contributed by atoms with E-state index in [0.29, 0.717) is 35.5 Å². The first kappa shape index (κ1) is 14.8. The van der Waals surface area contributed by atoms with E-state index < -0.39 is 0 Å². The molecule has 23 heavy (non-hydrogen) atoms. The van der Waals surface area contributed by atoms with Gasteiger partial charge in [0.15, 0.2) is 5.17 Å². The molecule has 1 N–H and O–H groups in total. The summed E-state index contributed by atoms with van der Waals surface area (Å²) in [5.74, 6) is 0.318. The van der Waals surface area contributed by atoms with Crippen LogP contribution >= 0.6 is 11.8 Å². The van der Waals surface area contributed by atoms with Gasteiger partial charge in [0.2, 0.25) is 0 Å². The Morgan fingerprint density at radius 2 is 1.83 bits per heavy atom. The average Bonchev–Trinajstić information content (AvgIpc) is 3.09. The van der Waals surface area contributed by atoms with Crippen molar-refractivity contribution in [3.8, 4) is 0 Å². The highest BCUT2D eigenvalue weighted by molar-refractivity contribution is 8.13. The molecule has 2 heterocycles. The molecule has 0 saturated heterocycles. The van der Waals surface area contributed by atoms with Crippen molar-refractivity contribution in [2.24, 2.45) is 4.99 Å². The number of carbonyl (C=O) groups is 2. The summed E-state index contributed by atoms with van der Waals surface area (Å²) in [6, 6.07) is 7.94. The molecule has 1 aromatic rings. The Kier molecular flexibility index (Phi) is 3.85. The van der Waals surface area contributed by atoms with Gasteiger partial charge in [0.05, 0.1) is 23.2 Å². The molecular formula is C17H19N3O2S. The Morgan fingerprint density at radius 1 is 1.13 bits per heavy atom. The number of nitrogens with one attached hydrogen (secondary N) is 1. The van der Waals surface area contributed by atoms with Crippen molar-refractivity contribution in [2.45, 2.75) is 37.8 Å². The number of aliphatic imine (C=N–C) groups is 1. The van der Waals surface area contributed by atoms with Crippen molar-refractivity contribution in [2.75, 3.05) is 12.3 Å². The van der Waals surface area contributed by atoms with E-state index in [1.54, 1.807) is 36.0 Å². The van der Waals surface area contributed by atoms with Gasteiger partial charge in [-0.15, -0.1) is 0 Å². The van der Waals surface area contributed by atoms with Crippen LogP contribution in [0.1, 0.15) is 46.4 Å². The molecule has 120 valence electrons. The SMILES string of the molecule is O=C1c2ccccc2C(=O)N1CCSC1=N[C@H]2CCCC[C@@H]2N1. The zero-order chi connectivity index (χ0) is 15.8. The molecule has 1 fully saturated rings. The van der Waals surface area contributed by atoms with Gasteiger partial charge in [0.1, 0.15) is 0 Å². The number of benzene rings is 1. The van der Waals surface area contributed by atoms with Crippen LogP contribution in [-0.4, -0.2) is 46.3 Å². The quantitative estimate of drug-likeness (QED) is 0.864. The van der Waals surface area contributed by atoms with Crippen molar-refractivity contribution in [1.29, 1.82) is 0 Å². The van der Waals surface area contributed by atoms with Crippen LogP contribution in [0.25, 0.3) is 0 Å². The second kappa shape index (κ2) is 6.00. The Morgan fingerprint density at radius 3 is 2.52 bits per heavy atom. The minimum Gasteiger partial charge on any atom is -0.360 e. The number of fused-ring (bicyclic) bond motifs is 2. The van der Waals surface area contributed by atoms with E-state index in [9.17, 15) is 9.59 Å². The normalized spacial score (nSPS) is 25.9.